The zero-order chi connectivity index (χ0) is 27.8. The van der Waals surface area contributed by atoms with Gasteiger partial charge in [-0.2, -0.15) is 0 Å². The van der Waals surface area contributed by atoms with Crippen molar-refractivity contribution < 1.29 is 14.4 Å². The minimum atomic E-state index is -0.909. The molecule has 3 aromatic carbocycles. The molecule has 198 valence electrons. The molecule has 2 unspecified atom stereocenters. The molecule has 0 saturated carbocycles. The number of fused-ring (bicyclic) bond motifs is 2. The maximum atomic E-state index is 13.9. The Morgan fingerprint density at radius 3 is 2.40 bits per heavy atom. The summed E-state index contributed by atoms with van der Waals surface area (Å²) in [5.74, 6) is -1.32. The van der Waals surface area contributed by atoms with Crippen LogP contribution in [0.4, 0.5) is 0 Å². The molecule has 1 aliphatic rings. The Kier molecular flexibility index (Phi) is 6.36. The summed E-state index contributed by atoms with van der Waals surface area (Å²) >= 11 is 0. The summed E-state index contributed by atoms with van der Waals surface area (Å²) in [6.07, 6.45) is 1.50. The minimum absolute atomic E-state index is 0.166. The van der Waals surface area contributed by atoms with Crippen LogP contribution in [0.1, 0.15) is 50.5 Å². The molecule has 2 aromatic heterocycles. The van der Waals surface area contributed by atoms with Gasteiger partial charge in [0.2, 0.25) is 0 Å². The summed E-state index contributed by atoms with van der Waals surface area (Å²) < 4.78 is 0. The Balaban J connectivity index is 1.42. The fourth-order valence-corrected chi connectivity index (χ4v) is 5.34. The van der Waals surface area contributed by atoms with E-state index in [1.807, 2.05) is 49.4 Å². The summed E-state index contributed by atoms with van der Waals surface area (Å²) in [4.78, 5) is 48.9. The number of hydrogen-bond donors (Lipinski definition) is 3. The zero-order valence-electron chi connectivity index (χ0n) is 22.0. The van der Waals surface area contributed by atoms with E-state index in [9.17, 15) is 14.4 Å². The fourth-order valence-electron chi connectivity index (χ4n) is 5.34. The van der Waals surface area contributed by atoms with Crippen LogP contribution in [-0.2, 0) is 4.79 Å². The molecule has 0 spiro atoms. The molecule has 40 heavy (non-hydrogen) atoms. The normalized spacial score (nSPS) is 15.1. The average Bonchev–Trinajstić information content (AvgIpc) is 3.51. The summed E-state index contributed by atoms with van der Waals surface area (Å²) in [7, 11) is 0. The molecule has 3 amide bonds. The van der Waals surface area contributed by atoms with Gasteiger partial charge in [0.05, 0.1) is 11.7 Å². The highest BCUT2D eigenvalue weighted by Crippen LogP contribution is 2.46. The number of para-hydroxylation sites is 1. The second-order valence-electron chi connectivity index (χ2n) is 9.86. The van der Waals surface area contributed by atoms with E-state index in [0.29, 0.717) is 5.56 Å². The number of rotatable bonds is 5. The number of hydrogen-bond acceptors (Lipinski definition) is 4. The fraction of sp³-hybridized carbons (Fsp3) is 0.125. The van der Waals surface area contributed by atoms with Gasteiger partial charge in [-0.15, -0.1) is 0 Å². The third-order valence-corrected chi connectivity index (χ3v) is 7.35. The number of amides is 3. The van der Waals surface area contributed by atoms with E-state index in [2.05, 4.69) is 45.1 Å². The smallest absolute Gasteiger partial charge is 0.288 e. The van der Waals surface area contributed by atoms with Crippen molar-refractivity contribution in [1.82, 2.24) is 25.7 Å². The predicted octanol–water partition coefficient (Wildman–Crippen LogP) is 4.93. The standard InChI is InChI=1S/C32H27N5O3/c1-19-14-16-21(17-15-19)28-27(24-11-5-6-12-25(24)34-28)29-22-9-3-4-10-23(22)32(40)37(29)20(2)30(38)35-36-31(39)26-13-7-8-18-33-26/h3-18,20,29,34H,1-2H3,(H,35,38)(H,36,39). The molecule has 3 heterocycles. The van der Waals surface area contributed by atoms with Gasteiger partial charge in [0.1, 0.15) is 11.7 Å². The zero-order valence-corrected chi connectivity index (χ0v) is 22.0. The number of benzene rings is 3. The highest BCUT2D eigenvalue weighted by atomic mass is 16.2. The van der Waals surface area contributed by atoms with Crippen molar-refractivity contribution in [2.75, 3.05) is 0 Å². The molecule has 0 aliphatic carbocycles. The van der Waals surface area contributed by atoms with Crippen LogP contribution in [0.5, 0.6) is 0 Å². The van der Waals surface area contributed by atoms with Crippen molar-refractivity contribution in [3.63, 3.8) is 0 Å². The number of aryl methyl sites for hydroxylation is 1. The second-order valence-corrected chi connectivity index (χ2v) is 9.86. The van der Waals surface area contributed by atoms with E-state index in [1.54, 1.807) is 36.1 Å². The number of aromatic amines is 1. The van der Waals surface area contributed by atoms with Gasteiger partial charge in [-0.25, -0.2) is 0 Å². The number of carbonyl (C=O) groups excluding carboxylic acids is 3. The molecule has 0 fully saturated rings. The number of nitrogens with zero attached hydrogens (tertiary/aromatic N) is 2. The molecule has 8 heteroatoms. The van der Waals surface area contributed by atoms with Gasteiger partial charge in [0.25, 0.3) is 17.7 Å². The summed E-state index contributed by atoms with van der Waals surface area (Å²) in [6, 6.07) is 27.1. The van der Waals surface area contributed by atoms with Gasteiger partial charge >= 0.3 is 0 Å². The Morgan fingerprint density at radius 2 is 1.62 bits per heavy atom. The van der Waals surface area contributed by atoms with Crippen LogP contribution < -0.4 is 10.9 Å². The Hall–Kier alpha value is -5.24. The summed E-state index contributed by atoms with van der Waals surface area (Å²) in [6.45, 7) is 3.70. The van der Waals surface area contributed by atoms with Crippen LogP contribution in [0, 0.1) is 6.92 Å². The quantitative estimate of drug-likeness (QED) is 0.281. The molecule has 0 saturated heterocycles. The second kappa shape index (κ2) is 10.1. The first-order valence-corrected chi connectivity index (χ1v) is 13.0. The van der Waals surface area contributed by atoms with Crippen molar-refractivity contribution in [3.8, 4) is 11.3 Å². The SMILES string of the molecule is Cc1ccc(-c2[nH]c3ccccc3c2C2c3ccccc3C(=O)N2C(C)C(=O)NNC(=O)c2ccccn2)cc1. The molecule has 0 bridgehead atoms. The van der Waals surface area contributed by atoms with Gasteiger partial charge < -0.3 is 9.88 Å². The van der Waals surface area contributed by atoms with Crippen molar-refractivity contribution >= 4 is 28.6 Å². The van der Waals surface area contributed by atoms with E-state index in [0.717, 1.165) is 38.9 Å². The van der Waals surface area contributed by atoms with Crippen molar-refractivity contribution in [1.29, 1.82) is 0 Å². The maximum Gasteiger partial charge on any atom is 0.288 e. The highest BCUT2D eigenvalue weighted by molar-refractivity contribution is 6.04. The van der Waals surface area contributed by atoms with Crippen molar-refractivity contribution in [2.45, 2.75) is 25.9 Å². The van der Waals surface area contributed by atoms with Gasteiger partial charge in [-0.05, 0) is 49.2 Å². The lowest BCUT2D eigenvalue weighted by molar-refractivity contribution is -0.126. The highest BCUT2D eigenvalue weighted by Gasteiger charge is 2.44. The van der Waals surface area contributed by atoms with E-state index >= 15 is 0 Å². The van der Waals surface area contributed by atoms with Crippen LogP contribution >= 0.6 is 0 Å². The number of pyridine rings is 1. The van der Waals surface area contributed by atoms with Crippen LogP contribution in [0.3, 0.4) is 0 Å². The lowest BCUT2D eigenvalue weighted by Gasteiger charge is -2.31. The molecular formula is C32H27N5O3. The molecule has 0 radical (unpaired) electrons. The van der Waals surface area contributed by atoms with Gasteiger partial charge in [-0.3, -0.25) is 30.2 Å². The molecule has 5 aromatic rings. The Bertz CT molecular complexity index is 1740. The number of nitrogens with one attached hydrogen (secondary N) is 3. The molecule has 2 atom stereocenters. The van der Waals surface area contributed by atoms with Crippen LogP contribution in [0.2, 0.25) is 0 Å². The van der Waals surface area contributed by atoms with E-state index in [-0.39, 0.29) is 11.6 Å². The summed E-state index contributed by atoms with van der Waals surface area (Å²) in [5.41, 5.74) is 11.3. The van der Waals surface area contributed by atoms with Crippen LogP contribution in [0.15, 0.2) is 97.2 Å². The third-order valence-electron chi connectivity index (χ3n) is 7.35. The monoisotopic (exact) mass is 529 g/mol. The topological polar surface area (TPSA) is 107 Å². The average molecular weight is 530 g/mol. The van der Waals surface area contributed by atoms with Crippen molar-refractivity contribution in [3.05, 3.63) is 125 Å². The van der Waals surface area contributed by atoms with Crippen LogP contribution in [0.25, 0.3) is 22.2 Å². The first-order chi connectivity index (χ1) is 19.4. The molecule has 6 rings (SSSR count). The van der Waals surface area contributed by atoms with E-state index < -0.39 is 23.9 Å². The lowest BCUT2D eigenvalue weighted by Crippen LogP contribution is -2.52. The Labute approximate surface area is 231 Å². The summed E-state index contributed by atoms with van der Waals surface area (Å²) in [5, 5.41) is 0.966. The largest absolute Gasteiger partial charge is 0.354 e. The first-order valence-electron chi connectivity index (χ1n) is 13.0. The molecule has 1 aliphatic heterocycles. The first kappa shape index (κ1) is 25.1. The number of aromatic nitrogens is 2. The van der Waals surface area contributed by atoms with E-state index in [4.69, 9.17) is 0 Å². The molecular weight excluding hydrogens is 502 g/mol. The molecule has 3 N–H and O–H groups in total. The Morgan fingerprint density at radius 1 is 0.900 bits per heavy atom. The predicted molar refractivity (Wildman–Crippen MR) is 152 cm³/mol. The van der Waals surface area contributed by atoms with Crippen molar-refractivity contribution in [2.24, 2.45) is 0 Å². The van der Waals surface area contributed by atoms with Gasteiger partial charge in [0.15, 0.2) is 0 Å². The third kappa shape index (κ3) is 4.29. The minimum Gasteiger partial charge on any atom is -0.354 e. The van der Waals surface area contributed by atoms with E-state index in [1.165, 1.54) is 6.20 Å². The van der Waals surface area contributed by atoms with Gasteiger partial charge in [0, 0.05) is 28.2 Å². The van der Waals surface area contributed by atoms with Crippen LogP contribution in [-0.4, -0.2) is 38.6 Å². The number of H-pyrrole nitrogens is 1. The number of carbonyl (C=O) groups is 3. The van der Waals surface area contributed by atoms with Gasteiger partial charge in [-0.1, -0.05) is 72.3 Å². The lowest BCUT2D eigenvalue weighted by atomic mass is 9.92. The molecule has 8 nitrogen and oxygen atoms in total. The maximum absolute atomic E-state index is 13.9. The number of hydrazine groups is 1.